The van der Waals surface area contributed by atoms with Gasteiger partial charge in [0, 0.05) is 30.9 Å². The van der Waals surface area contributed by atoms with Gasteiger partial charge in [-0.2, -0.15) is 0 Å². The van der Waals surface area contributed by atoms with E-state index >= 15 is 0 Å². The van der Waals surface area contributed by atoms with Crippen molar-refractivity contribution in [3.05, 3.63) is 30.6 Å². The predicted octanol–water partition coefficient (Wildman–Crippen LogP) is 1.57. The SMILES string of the molecule is COc1ccc(-c2ncc(N3CCOCC3)cc2N)cn1. The Morgan fingerprint density at radius 3 is 2.62 bits per heavy atom. The van der Waals surface area contributed by atoms with Crippen LogP contribution in [-0.4, -0.2) is 43.4 Å². The number of aromatic nitrogens is 2. The first-order valence-electron chi connectivity index (χ1n) is 6.86. The average Bonchev–Trinajstić information content (AvgIpc) is 2.56. The molecule has 0 aromatic carbocycles. The van der Waals surface area contributed by atoms with Crippen molar-refractivity contribution in [1.82, 2.24) is 9.97 Å². The van der Waals surface area contributed by atoms with Crippen LogP contribution >= 0.6 is 0 Å². The van der Waals surface area contributed by atoms with Crippen molar-refractivity contribution in [2.75, 3.05) is 44.0 Å². The van der Waals surface area contributed by atoms with Crippen LogP contribution in [0.15, 0.2) is 30.6 Å². The largest absolute Gasteiger partial charge is 0.481 e. The molecule has 0 aliphatic carbocycles. The van der Waals surface area contributed by atoms with E-state index in [0.29, 0.717) is 11.6 Å². The molecule has 3 heterocycles. The zero-order valence-corrected chi connectivity index (χ0v) is 12.0. The Kier molecular flexibility index (Phi) is 3.87. The second kappa shape index (κ2) is 5.97. The summed E-state index contributed by atoms with van der Waals surface area (Å²) in [5.74, 6) is 0.572. The number of nitrogens with two attached hydrogens (primary N) is 1. The second-order valence-corrected chi connectivity index (χ2v) is 4.82. The molecule has 2 N–H and O–H groups in total. The molecule has 0 spiro atoms. The highest BCUT2D eigenvalue weighted by atomic mass is 16.5. The predicted molar refractivity (Wildman–Crippen MR) is 81.5 cm³/mol. The number of hydrogen-bond acceptors (Lipinski definition) is 6. The van der Waals surface area contributed by atoms with E-state index in [1.165, 1.54) is 0 Å². The lowest BCUT2D eigenvalue weighted by molar-refractivity contribution is 0.122. The molecule has 2 aromatic heterocycles. The molecular formula is C15H18N4O2. The summed E-state index contributed by atoms with van der Waals surface area (Å²) in [5, 5.41) is 0. The number of nitrogen functional groups attached to an aromatic ring is 1. The van der Waals surface area contributed by atoms with Gasteiger partial charge in [0.15, 0.2) is 0 Å². The van der Waals surface area contributed by atoms with Gasteiger partial charge in [-0.05, 0) is 12.1 Å². The number of ether oxygens (including phenoxy) is 2. The van der Waals surface area contributed by atoms with Crippen LogP contribution in [-0.2, 0) is 4.74 Å². The van der Waals surface area contributed by atoms with E-state index in [-0.39, 0.29) is 0 Å². The molecule has 6 nitrogen and oxygen atoms in total. The summed E-state index contributed by atoms with van der Waals surface area (Å²) >= 11 is 0. The molecule has 0 radical (unpaired) electrons. The molecule has 1 aliphatic rings. The number of hydrogen-bond donors (Lipinski definition) is 1. The highest BCUT2D eigenvalue weighted by molar-refractivity contribution is 5.75. The lowest BCUT2D eigenvalue weighted by atomic mass is 10.1. The van der Waals surface area contributed by atoms with Crippen molar-refractivity contribution in [2.45, 2.75) is 0 Å². The fourth-order valence-electron chi connectivity index (χ4n) is 2.35. The molecule has 110 valence electrons. The maximum absolute atomic E-state index is 6.15. The molecule has 21 heavy (non-hydrogen) atoms. The van der Waals surface area contributed by atoms with Crippen LogP contribution in [0, 0.1) is 0 Å². The van der Waals surface area contributed by atoms with Gasteiger partial charge in [-0.1, -0.05) is 0 Å². The van der Waals surface area contributed by atoms with Crippen molar-refractivity contribution in [1.29, 1.82) is 0 Å². The number of nitrogens with zero attached hydrogens (tertiary/aromatic N) is 3. The monoisotopic (exact) mass is 286 g/mol. The zero-order chi connectivity index (χ0) is 14.7. The standard InChI is InChI=1S/C15H18N4O2/c1-20-14-3-2-11(9-17-14)15-13(16)8-12(10-18-15)19-4-6-21-7-5-19/h2-3,8-10H,4-7,16H2,1H3. The van der Waals surface area contributed by atoms with Crippen LogP contribution in [0.3, 0.4) is 0 Å². The minimum atomic E-state index is 0.572. The molecule has 1 fully saturated rings. The van der Waals surface area contributed by atoms with Crippen LogP contribution in [0.25, 0.3) is 11.3 Å². The van der Waals surface area contributed by atoms with Gasteiger partial charge in [-0.15, -0.1) is 0 Å². The normalized spacial score (nSPS) is 15.0. The summed E-state index contributed by atoms with van der Waals surface area (Å²) in [6.45, 7) is 3.21. The fourth-order valence-corrected chi connectivity index (χ4v) is 2.35. The van der Waals surface area contributed by atoms with Gasteiger partial charge in [-0.25, -0.2) is 4.98 Å². The molecule has 2 aromatic rings. The van der Waals surface area contributed by atoms with Crippen molar-refractivity contribution in [3.8, 4) is 17.1 Å². The minimum absolute atomic E-state index is 0.572. The van der Waals surface area contributed by atoms with Gasteiger partial charge < -0.3 is 20.1 Å². The Balaban J connectivity index is 1.86. The first-order valence-corrected chi connectivity index (χ1v) is 6.86. The van der Waals surface area contributed by atoms with Crippen LogP contribution in [0.5, 0.6) is 5.88 Å². The van der Waals surface area contributed by atoms with Gasteiger partial charge in [0.25, 0.3) is 0 Å². The van der Waals surface area contributed by atoms with E-state index in [9.17, 15) is 0 Å². The molecule has 0 unspecified atom stereocenters. The van der Waals surface area contributed by atoms with Crippen molar-refractivity contribution >= 4 is 11.4 Å². The number of morpholine rings is 1. The summed E-state index contributed by atoms with van der Waals surface area (Å²) in [4.78, 5) is 10.9. The lowest BCUT2D eigenvalue weighted by Gasteiger charge is -2.28. The maximum atomic E-state index is 6.15. The van der Waals surface area contributed by atoms with E-state index in [1.54, 1.807) is 19.4 Å². The van der Waals surface area contributed by atoms with Gasteiger partial charge in [0.05, 0.1) is 43.6 Å². The van der Waals surface area contributed by atoms with Crippen molar-refractivity contribution in [2.24, 2.45) is 0 Å². The Morgan fingerprint density at radius 1 is 1.19 bits per heavy atom. The average molecular weight is 286 g/mol. The molecule has 0 saturated carbocycles. The Bertz CT molecular complexity index is 610. The highest BCUT2D eigenvalue weighted by Gasteiger charge is 2.14. The van der Waals surface area contributed by atoms with Gasteiger partial charge in [0.1, 0.15) is 0 Å². The number of methoxy groups -OCH3 is 1. The molecule has 1 aliphatic heterocycles. The summed E-state index contributed by atoms with van der Waals surface area (Å²) in [5.41, 5.74) is 9.44. The second-order valence-electron chi connectivity index (χ2n) is 4.82. The quantitative estimate of drug-likeness (QED) is 0.923. The Morgan fingerprint density at radius 2 is 2.00 bits per heavy atom. The van der Waals surface area contributed by atoms with Gasteiger partial charge in [0.2, 0.25) is 5.88 Å². The smallest absolute Gasteiger partial charge is 0.212 e. The molecule has 0 amide bonds. The minimum Gasteiger partial charge on any atom is -0.481 e. The van der Waals surface area contributed by atoms with Crippen LogP contribution in [0.4, 0.5) is 11.4 Å². The van der Waals surface area contributed by atoms with Gasteiger partial charge >= 0.3 is 0 Å². The molecule has 1 saturated heterocycles. The molecule has 0 bridgehead atoms. The third-order valence-corrected chi connectivity index (χ3v) is 3.50. The number of pyridine rings is 2. The lowest BCUT2D eigenvalue weighted by Crippen LogP contribution is -2.36. The van der Waals surface area contributed by atoms with E-state index in [0.717, 1.165) is 43.2 Å². The number of anilines is 2. The van der Waals surface area contributed by atoms with Crippen LogP contribution in [0.2, 0.25) is 0 Å². The molecule has 3 rings (SSSR count). The van der Waals surface area contributed by atoms with Crippen LogP contribution < -0.4 is 15.4 Å². The molecule has 0 atom stereocenters. The van der Waals surface area contributed by atoms with E-state index < -0.39 is 0 Å². The summed E-state index contributed by atoms with van der Waals surface area (Å²) in [6, 6.07) is 5.66. The van der Waals surface area contributed by atoms with Crippen molar-refractivity contribution in [3.63, 3.8) is 0 Å². The molecular weight excluding hydrogens is 268 g/mol. The van der Waals surface area contributed by atoms with E-state index in [2.05, 4.69) is 14.9 Å². The number of rotatable bonds is 3. The Hall–Kier alpha value is -2.34. The first kappa shape index (κ1) is 13.6. The first-order chi connectivity index (χ1) is 10.3. The fraction of sp³-hybridized carbons (Fsp3) is 0.333. The zero-order valence-electron chi connectivity index (χ0n) is 12.0. The van der Waals surface area contributed by atoms with Gasteiger partial charge in [-0.3, -0.25) is 4.98 Å². The van der Waals surface area contributed by atoms with Crippen LogP contribution in [0.1, 0.15) is 0 Å². The topological polar surface area (TPSA) is 73.5 Å². The third kappa shape index (κ3) is 2.90. The maximum Gasteiger partial charge on any atom is 0.212 e. The van der Waals surface area contributed by atoms with E-state index in [1.807, 2.05) is 18.3 Å². The third-order valence-electron chi connectivity index (χ3n) is 3.50. The van der Waals surface area contributed by atoms with Crippen molar-refractivity contribution < 1.29 is 9.47 Å². The summed E-state index contributed by atoms with van der Waals surface area (Å²) in [6.07, 6.45) is 3.56. The molecule has 6 heteroatoms. The highest BCUT2D eigenvalue weighted by Crippen LogP contribution is 2.27. The van der Waals surface area contributed by atoms with E-state index in [4.69, 9.17) is 15.2 Å². The Labute approximate surface area is 123 Å². The summed E-state index contributed by atoms with van der Waals surface area (Å²) in [7, 11) is 1.59. The summed E-state index contributed by atoms with van der Waals surface area (Å²) < 4.78 is 10.4.